The molecule has 2 N–H and O–H groups in total. The Morgan fingerprint density at radius 2 is 1.70 bits per heavy atom. The van der Waals surface area contributed by atoms with E-state index in [4.69, 9.17) is 4.74 Å². The van der Waals surface area contributed by atoms with Gasteiger partial charge in [0.25, 0.3) is 0 Å². The number of carbonyl (C=O) groups is 1. The Kier molecular flexibility index (Phi) is 7.57. The average molecular weight is 463 g/mol. The Bertz CT molecular complexity index is 693. The van der Waals surface area contributed by atoms with Crippen molar-refractivity contribution in [3.63, 3.8) is 0 Å². The molecule has 4 aliphatic rings. The van der Waals surface area contributed by atoms with Crippen LogP contribution in [0.3, 0.4) is 0 Å². The fourth-order valence-corrected chi connectivity index (χ4v) is 9.57. The van der Waals surface area contributed by atoms with E-state index in [-0.39, 0.29) is 23.6 Å². The van der Waals surface area contributed by atoms with E-state index >= 15 is 0 Å². The van der Waals surface area contributed by atoms with Crippen molar-refractivity contribution in [2.24, 2.45) is 52.3 Å². The third-order valence-electron chi connectivity index (χ3n) is 11.4. The lowest BCUT2D eigenvalue weighted by Gasteiger charge is -2.62. The number of hydrogen-bond donors (Lipinski definition) is 2. The largest absolute Gasteiger partial charge is 0.462 e. The summed E-state index contributed by atoms with van der Waals surface area (Å²) in [6, 6.07) is 0. The Morgan fingerprint density at radius 1 is 1.00 bits per heavy atom. The van der Waals surface area contributed by atoms with Gasteiger partial charge >= 0.3 is 5.97 Å². The summed E-state index contributed by atoms with van der Waals surface area (Å²) in [7, 11) is 0. The van der Waals surface area contributed by atoms with Gasteiger partial charge in [0.05, 0.1) is 6.10 Å². The molecule has 11 atom stereocenters. The molecule has 0 bridgehead atoms. The fourth-order valence-electron chi connectivity index (χ4n) is 9.57. The summed E-state index contributed by atoms with van der Waals surface area (Å²) in [4.78, 5) is 12.1. The molecule has 0 heterocycles. The van der Waals surface area contributed by atoms with Crippen LogP contribution in [0.1, 0.15) is 105 Å². The van der Waals surface area contributed by atoms with Crippen molar-refractivity contribution in [3.8, 4) is 0 Å². The van der Waals surface area contributed by atoms with Crippen LogP contribution in [0.25, 0.3) is 0 Å². The Hall–Kier alpha value is -0.610. The van der Waals surface area contributed by atoms with Crippen molar-refractivity contribution in [1.29, 1.82) is 0 Å². The summed E-state index contributed by atoms with van der Waals surface area (Å²) >= 11 is 0. The minimum Gasteiger partial charge on any atom is -0.462 e. The molecule has 33 heavy (non-hydrogen) atoms. The van der Waals surface area contributed by atoms with Crippen molar-refractivity contribution in [3.05, 3.63) is 0 Å². The summed E-state index contributed by atoms with van der Waals surface area (Å²) in [5.74, 6) is 3.97. The first-order valence-electron chi connectivity index (χ1n) is 14.1. The molecule has 0 aromatic heterocycles. The van der Waals surface area contributed by atoms with Gasteiger partial charge in [-0.05, 0) is 104 Å². The predicted octanol–water partition coefficient (Wildman–Crippen LogP) is 5.98. The van der Waals surface area contributed by atoms with Crippen molar-refractivity contribution in [2.75, 3.05) is 6.61 Å². The summed E-state index contributed by atoms with van der Waals surface area (Å²) < 4.78 is 6.10. The van der Waals surface area contributed by atoms with Crippen LogP contribution < -0.4 is 0 Å². The Labute approximate surface area is 202 Å². The maximum Gasteiger partial charge on any atom is 0.302 e. The van der Waals surface area contributed by atoms with E-state index in [0.29, 0.717) is 47.5 Å². The maximum absolute atomic E-state index is 12.1. The van der Waals surface area contributed by atoms with Gasteiger partial charge < -0.3 is 14.9 Å². The van der Waals surface area contributed by atoms with Crippen LogP contribution in [0, 0.1) is 52.3 Å². The van der Waals surface area contributed by atoms with Crippen LogP contribution in [-0.4, -0.2) is 35.0 Å². The molecule has 4 saturated carbocycles. The Morgan fingerprint density at radius 3 is 2.39 bits per heavy atom. The molecule has 1 unspecified atom stereocenters. The van der Waals surface area contributed by atoms with Gasteiger partial charge in [-0.2, -0.15) is 0 Å². The summed E-state index contributed by atoms with van der Waals surface area (Å²) in [5, 5.41) is 19.8. The van der Waals surface area contributed by atoms with Gasteiger partial charge in [0.15, 0.2) is 0 Å². The highest BCUT2D eigenvalue weighted by atomic mass is 16.5. The van der Waals surface area contributed by atoms with Gasteiger partial charge in [0.2, 0.25) is 0 Å². The monoisotopic (exact) mass is 462 g/mol. The van der Waals surface area contributed by atoms with Gasteiger partial charge in [-0.1, -0.05) is 40.5 Å². The minimum absolute atomic E-state index is 0.0277. The zero-order valence-corrected chi connectivity index (χ0v) is 21.9. The zero-order chi connectivity index (χ0) is 24.0. The van der Waals surface area contributed by atoms with E-state index in [2.05, 4.69) is 27.7 Å². The van der Waals surface area contributed by atoms with Crippen LogP contribution >= 0.6 is 0 Å². The summed E-state index contributed by atoms with van der Waals surface area (Å²) in [5.41, 5.74) is 0.630. The Balaban J connectivity index is 1.54. The number of ether oxygens (including phenoxy) is 1. The lowest BCUT2D eigenvalue weighted by atomic mass is 9.43. The molecule has 4 heteroatoms. The van der Waals surface area contributed by atoms with Crippen LogP contribution in [0.4, 0.5) is 0 Å². The smallest absolute Gasteiger partial charge is 0.302 e. The van der Waals surface area contributed by atoms with Crippen molar-refractivity contribution in [1.82, 2.24) is 0 Å². The molecule has 4 aliphatic carbocycles. The van der Waals surface area contributed by atoms with Crippen molar-refractivity contribution >= 4 is 5.97 Å². The first-order chi connectivity index (χ1) is 15.6. The van der Waals surface area contributed by atoms with E-state index in [1.807, 2.05) is 0 Å². The quantitative estimate of drug-likeness (QED) is 0.457. The normalized spacial score (nSPS) is 46.6. The fraction of sp³-hybridized carbons (Fsp3) is 0.966. The molecule has 0 radical (unpaired) electrons. The van der Waals surface area contributed by atoms with Crippen molar-refractivity contribution < 1.29 is 19.7 Å². The first kappa shape index (κ1) is 25.5. The number of hydrogen-bond acceptors (Lipinski definition) is 4. The molecule has 4 rings (SSSR count). The van der Waals surface area contributed by atoms with E-state index in [1.165, 1.54) is 38.5 Å². The number of aliphatic hydroxyl groups is 2. The van der Waals surface area contributed by atoms with Gasteiger partial charge in [0.1, 0.15) is 6.10 Å². The highest BCUT2D eigenvalue weighted by molar-refractivity contribution is 5.66. The third kappa shape index (κ3) is 4.65. The van der Waals surface area contributed by atoms with Gasteiger partial charge in [-0.15, -0.1) is 0 Å². The molecule has 0 aliphatic heterocycles. The van der Waals surface area contributed by atoms with E-state index < -0.39 is 0 Å². The van der Waals surface area contributed by atoms with Crippen LogP contribution in [0.15, 0.2) is 0 Å². The van der Waals surface area contributed by atoms with E-state index in [0.717, 1.165) is 38.0 Å². The highest BCUT2D eigenvalue weighted by Crippen LogP contribution is 2.68. The number of esters is 1. The molecule has 190 valence electrons. The van der Waals surface area contributed by atoms with Crippen LogP contribution in [-0.2, 0) is 9.53 Å². The molecule has 0 amide bonds. The van der Waals surface area contributed by atoms with Gasteiger partial charge in [-0.3, -0.25) is 4.79 Å². The first-order valence-corrected chi connectivity index (χ1v) is 14.1. The minimum atomic E-state index is -0.184. The predicted molar refractivity (Wildman–Crippen MR) is 131 cm³/mol. The molecule has 4 nitrogen and oxygen atoms in total. The van der Waals surface area contributed by atoms with Gasteiger partial charge in [0, 0.05) is 19.4 Å². The van der Waals surface area contributed by atoms with Crippen LogP contribution in [0.5, 0.6) is 0 Å². The van der Waals surface area contributed by atoms with Crippen LogP contribution in [0.2, 0.25) is 0 Å². The topological polar surface area (TPSA) is 66.8 Å². The van der Waals surface area contributed by atoms with Crippen molar-refractivity contribution in [2.45, 2.75) is 117 Å². The second-order valence-electron chi connectivity index (χ2n) is 13.2. The molecule has 0 saturated heterocycles. The average Bonchev–Trinajstić information content (AvgIpc) is 3.11. The molecular weight excluding hydrogens is 412 g/mol. The lowest BCUT2D eigenvalue weighted by Crippen LogP contribution is -2.59. The third-order valence-corrected chi connectivity index (χ3v) is 11.4. The number of fused-ring (bicyclic) bond motifs is 5. The molecule has 0 aromatic rings. The molecule has 0 spiro atoms. The highest BCUT2D eigenvalue weighted by Gasteiger charge is 2.63. The zero-order valence-electron chi connectivity index (χ0n) is 21.9. The molecule has 4 fully saturated rings. The second kappa shape index (κ2) is 9.80. The SMILES string of the molecule is CC(=O)O[C@H]1C[C@@H]2C[C@H](O)CC[C@]2(C)[C@H]2CC[C@]3(C)[C@@H]([C@H](C)CCCC(C)CO)CC[C@H]3[C@H]12. The number of rotatable bonds is 7. The standard InChI is InChI=1S/C29H50O4/c1-18(17-30)7-6-8-19(2)23-9-10-24-27-25(12-14-29(23,24)5)28(4)13-11-22(32)15-21(28)16-26(27)33-20(3)31/h18-19,21-27,30,32H,6-17H2,1-5H3/t18?,19-,21+,22-,23-,24+,25+,26+,27+,28+,29-/m1/s1. The maximum atomic E-state index is 12.1. The van der Waals surface area contributed by atoms with E-state index in [9.17, 15) is 15.0 Å². The number of carbonyl (C=O) groups excluding carboxylic acids is 1. The molecular formula is C29H50O4. The van der Waals surface area contributed by atoms with Gasteiger partial charge in [-0.25, -0.2) is 0 Å². The molecule has 0 aromatic carbocycles. The lowest BCUT2D eigenvalue weighted by molar-refractivity contribution is -0.194. The second-order valence-corrected chi connectivity index (χ2v) is 13.2. The summed E-state index contributed by atoms with van der Waals surface area (Å²) in [6.07, 6.45) is 12.5. The van der Waals surface area contributed by atoms with E-state index in [1.54, 1.807) is 6.92 Å². The summed E-state index contributed by atoms with van der Waals surface area (Å²) in [6.45, 7) is 11.6. The number of aliphatic hydroxyl groups excluding tert-OH is 2.